The number of ketones is 1. The summed E-state index contributed by atoms with van der Waals surface area (Å²) in [5.41, 5.74) is 2.36. The Balaban J connectivity index is 2.03. The second kappa shape index (κ2) is 4.89. The van der Waals surface area contributed by atoms with Gasteiger partial charge in [-0.05, 0) is 0 Å². The highest BCUT2D eigenvalue weighted by atomic mass is 32.2. The fraction of sp³-hybridized carbons (Fsp3) is 0.600. The van der Waals surface area contributed by atoms with Gasteiger partial charge in [0.15, 0.2) is 5.78 Å². The second-order valence-electron chi connectivity index (χ2n) is 3.61. The lowest BCUT2D eigenvalue weighted by Gasteiger charge is -2.29. The molecule has 2 heterocycles. The summed E-state index contributed by atoms with van der Waals surface area (Å²) in [6, 6.07) is 0. The molecule has 15 heavy (non-hydrogen) atoms. The van der Waals surface area contributed by atoms with E-state index in [0.29, 0.717) is 16.2 Å². The third kappa shape index (κ3) is 2.57. The van der Waals surface area contributed by atoms with Crippen LogP contribution in [0.2, 0.25) is 0 Å². The van der Waals surface area contributed by atoms with Gasteiger partial charge in [-0.25, -0.2) is 4.98 Å². The number of thioether (sulfide) groups is 2. The summed E-state index contributed by atoms with van der Waals surface area (Å²) in [4.78, 5) is 16.1. The third-order valence-corrected chi connectivity index (χ3v) is 6.50. The molecule has 3 atom stereocenters. The van der Waals surface area contributed by atoms with Crippen LogP contribution < -0.4 is 0 Å². The number of carbonyl (C=O) groups excluding carboxylic acids is 1. The predicted octanol–water partition coefficient (Wildman–Crippen LogP) is 2.95. The van der Waals surface area contributed by atoms with Gasteiger partial charge >= 0.3 is 0 Å². The van der Waals surface area contributed by atoms with Crippen LogP contribution in [0.5, 0.6) is 0 Å². The molecular formula is C10H13NOS3. The SMILES string of the molecule is CC1SCC(C(=O)c2cscn2)SC1C. The van der Waals surface area contributed by atoms with Crippen LogP contribution in [0, 0.1) is 0 Å². The van der Waals surface area contributed by atoms with Gasteiger partial charge in [0.2, 0.25) is 0 Å². The largest absolute Gasteiger partial charge is 0.291 e. The minimum absolute atomic E-state index is 0.100. The molecule has 1 aromatic rings. The average molecular weight is 259 g/mol. The Labute approximate surface area is 102 Å². The molecule has 3 unspecified atom stereocenters. The zero-order chi connectivity index (χ0) is 10.8. The van der Waals surface area contributed by atoms with E-state index in [4.69, 9.17) is 0 Å². The first-order valence-corrected chi connectivity index (χ1v) is 7.81. The van der Waals surface area contributed by atoms with Gasteiger partial charge in [-0.3, -0.25) is 4.79 Å². The molecular weight excluding hydrogens is 246 g/mol. The minimum atomic E-state index is 0.100. The molecule has 0 aromatic carbocycles. The normalized spacial score (nSPS) is 31.5. The van der Waals surface area contributed by atoms with Crippen LogP contribution in [-0.4, -0.2) is 32.3 Å². The molecule has 0 aliphatic carbocycles. The molecule has 1 saturated heterocycles. The fourth-order valence-corrected chi connectivity index (χ4v) is 4.82. The number of thiazole rings is 1. The first kappa shape index (κ1) is 11.5. The molecule has 2 rings (SSSR count). The van der Waals surface area contributed by atoms with E-state index < -0.39 is 0 Å². The Kier molecular flexibility index (Phi) is 3.74. The van der Waals surface area contributed by atoms with Gasteiger partial charge in [-0.2, -0.15) is 11.8 Å². The van der Waals surface area contributed by atoms with Crippen molar-refractivity contribution in [2.45, 2.75) is 29.6 Å². The molecule has 0 bridgehead atoms. The van der Waals surface area contributed by atoms with Gasteiger partial charge in [0.25, 0.3) is 0 Å². The van der Waals surface area contributed by atoms with E-state index in [2.05, 4.69) is 18.8 Å². The lowest BCUT2D eigenvalue weighted by molar-refractivity contribution is 0.0990. The maximum Gasteiger partial charge on any atom is 0.195 e. The quantitative estimate of drug-likeness (QED) is 0.764. The lowest BCUT2D eigenvalue weighted by atomic mass is 10.2. The van der Waals surface area contributed by atoms with Crippen molar-refractivity contribution < 1.29 is 4.79 Å². The van der Waals surface area contributed by atoms with Gasteiger partial charge in [0.1, 0.15) is 5.69 Å². The molecule has 0 N–H and O–H groups in total. The van der Waals surface area contributed by atoms with Crippen molar-refractivity contribution in [1.29, 1.82) is 0 Å². The number of hydrogen-bond acceptors (Lipinski definition) is 5. The molecule has 1 aromatic heterocycles. The fourth-order valence-electron chi connectivity index (χ4n) is 1.42. The van der Waals surface area contributed by atoms with Crippen LogP contribution in [0.3, 0.4) is 0 Å². The molecule has 2 nitrogen and oxygen atoms in total. The highest BCUT2D eigenvalue weighted by Crippen LogP contribution is 2.36. The van der Waals surface area contributed by atoms with Crippen molar-refractivity contribution in [3.63, 3.8) is 0 Å². The van der Waals surface area contributed by atoms with Crippen LogP contribution in [0.4, 0.5) is 0 Å². The number of rotatable bonds is 2. The molecule has 5 heteroatoms. The summed E-state index contributed by atoms with van der Waals surface area (Å²) >= 11 is 5.17. The molecule has 0 amide bonds. The molecule has 1 fully saturated rings. The molecule has 82 valence electrons. The highest BCUT2D eigenvalue weighted by Gasteiger charge is 2.31. The van der Waals surface area contributed by atoms with Crippen LogP contribution in [-0.2, 0) is 0 Å². The van der Waals surface area contributed by atoms with Crippen LogP contribution >= 0.6 is 34.9 Å². The Bertz CT molecular complexity index is 338. The highest BCUT2D eigenvalue weighted by molar-refractivity contribution is 8.08. The predicted molar refractivity (Wildman–Crippen MR) is 69.2 cm³/mol. The third-order valence-electron chi connectivity index (χ3n) is 2.53. The number of aromatic nitrogens is 1. The smallest absolute Gasteiger partial charge is 0.195 e. The molecule has 0 spiro atoms. The van der Waals surface area contributed by atoms with Gasteiger partial charge in [-0.1, -0.05) is 13.8 Å². The summed E-state index contributed by atoms with van der Waals surface area (Å²) in [6.07, 6.45) is 0. The van der Waals surface area contributed by atoms with Crippen molar-refractivity contribution in [2.75, 3.05) is 5.75 Å². The summed E-state index contributed by atoms with van der Waals surface area (Å²) in [5, 5.41) is 3.14. The second-order valence-corrected chi connectivity index (χ2v) is 7.32. The summed E-state index contributed by atoms with van der Waals surface area (Å²) in [7, 11) is 0. The Hall–Kier alpha value is -0.000000000000000111. The zero-order valence-electron chi connectivity index (χ0n) is 8.67. The molecule has 0 saturated carbocycles. The van der Waals surface area contributed by atoms with Crippen molar-refractivity contribution in [2.24, 2.45) is 0 Å². The number of nitrogens with zero attached hydrogens (tertiary/aromatic N) is 1. The van der Waals surface area contributed by atoms with E-state index in [1.165, 1.54) is 11.3 Å². The molecule has 1 aliphatic rings. The van der Waals surface area contributed by atoms with Gasteiger partial charge < -0.3 is 0 Å². The van der Waals surface area contributed by atoms with E-state index in [9.17, 15) is 4.79 Å². The maximum atomic E-state index is 12.0. The minimum Gasteiger partial charge on any atom is -0.291 e. The van der Waals surface area contributed by atoms with Crippen molar-refractivity contribution >= 4 is 40.6 Å². The van der Waals surface area contributed by atoms with Crippen LogP contribution in [0.25, 0.3) is 0 Å². The van der Waals surface area contributed by atoms with E-state index in [-0.39, 0.29) is 11.0 Å². The lowest BCUT2D eigenvalue weighted by Crippen LogP contribution is -2.31. The average Bonchev–Trinajstić information content (AvgIpc) is 2.74. The standard InChI is InChI=1S/C10H13NOS3/c1-6-7(2)15-9(4-14-6)10(12)8-3-13-5-11-8/h3,5-7,9H,4H2,1-2H3. The van der Waals surface area contributed by atoms with Crippen LogP contribution in [0.1, 0.15) is 24.3 Å². The Morgan fingerprint density at radius 3 is 2.87 bits per heavy atom. The van der Waals surface area contributed by atoms with Crippen LogP contribution in [0.15, 0.2) is 10.9 Å². The van der Waals surface area contributed by atoms with Gasteiger partial charge in [0.05, 0.1) is 10.8 Å². The summed E-state index contributed by atoms with van der Waals surface area (Å²) in [6.45, 7) is 4.43. The van der Waals surface area contributed by atoms with Crippen molar-refractivity contribution in [3.8, 4) is 0 Å². The zero-order valence-corrected chi connectivity index (χ0v) is 11.1. The van der Waals surface area contributed by atoms with E-state index >= 15 is 0 Å². The van der Waals surface area contributed by atoms with E-state index in [0.717, 1.165) is 5.75 Å². The van der Waals surface area contributed by atoms with E-state index in [1.54, 1.807) is 17.3 Å². The molecule has 0 radical (unpaired) electrons. The first-order valence-electron chi connectivity index (χ1n) is 4.88. The van der Waals surface area contributed by atoms with E-state index in [1.807, 2.05) is 17.1 Å². The number of hydrogen-bond donors (Lipinski definition) is 0. The maximum absolute atomic E-state index is 12.0. The van der Waals surface area contributed by atoms with Gasteiger partial charge in [0, 0.05) is 21.6 Å². The Morgan fingerprint density at radius 1 is 1.47 bits per heavy atom. The monoisotopic (exact) mass is 259 g/mol. The number of carbonyl (C=O) groups is 1. The van der Waals surface area contributed by atoms with Gasteiger partial charge in [-0.15, -0.1) is 23.1 Å². The number of Topliss-reactive ketones (excluding diaryl/α,β-unsaturated/α-hetero) is 1. The Morgan fingerprint density at radius 2 is 2.27 bits per heavy atom. The first-order chi connectivity index (χ1) is 7.18. The summed E-state index contributed by atoms with van der Waals surface area (Å²) < 4.78 is 0. The molecule has 1 aliphatic heterocycles. The van der Waals surface area contributed by atoms with Crippen molar-refractivity contribution in [3.05, 3.63) is 16.6 Å². The topological polar surface area (TPSA) is 30.0 Å². The van der Waals surface area contributed by atoms with Crippen molar-refractivity contribution in [1.82, 2.24) is 4.98 Å². The summed E-state index contributed by atoms with van der Waals surface area (Å²) in [5.74, 6) is 1.12.